The molecular formula is C13H21ClN2O3S. The first kappa shape index (κ1) is 15.8. The van der Waals surface area contributed by atoms with Crippen LogP contribution in [0.15, 0.2) is 15.4 Å². The number of halogens is 1. The summed E-state index contributed by atoms with van der Waals surface area (Å²) >= 11 is 5.70. The summed E-state index contributed by atoms with van der Waals surface area (Å²) in [6.45, 7) is 3.43. The summed E-state index contributed by atoms with van der Waals surface area (Å²) in [6.07, 6.45) is 1.90. The fourth-order valence-electron chi connectivity index (χ4n) is 2.63. The molecule has 2 heterocycles. The highest BCUT2D eigenvalue weighted by molar-refractivity contribution is 7.89. The van der Waals surface area contributed by atoms with Gasteiger partial charge in [-0.15, -0.1) is 11.6 Å². The van der Waals surface area contributed by atoms with Crippen LogP contribution < -0.4 is 0 Å². The van der Waals surface area contributed by atoms with Gasteiger partial charge in [0.05, 0.1) is 5.88 Å². The maximum atomic E-state index is 12.7. The molecule has 1 atom stereocenters. The van der Waals surface area contributed by atoms with Gasteiger partial charge in [0.15, 0.2) is 0 Å². The summed E-state index contributed by atoms with van der Waals surface area (Å²) < 4.78 is 32.2. The summed E-state index contributed by atoms with van der Waals surface area (Å²) in [6, 6.07) is 1.54. The van der Waals surface area contributed by atoms with E-state index in [1.54, 1.807) is 14.0 Å². The van der Waals surface area contributed by atoms with Gasteiger partial charge in [0.25, 0.3) is 0 Å². The largest absolute Gasteiger partial charge is 0.464 e. The molecule has 0 spiro atoms. The maximum absolute atomic E-state index is 12.7. The van der Waals surface area contributed by atoms with E-state index in [-0.39, 0.29) is 16.8 Å². The predicted octanol–water partition coefficient (Wildman–Crippen LogP) is 2.04. The van der Waals surface area contributed by atoms with Crippen LogP contribution in [0.5, 0.6) is 0 Å². The number of sulfonamides is 1. The molecule has 0 aromatic carbocycles. The number of aryl methyl sites for hydroxylation is 1. The van der Waals surface area contributed by atoms with Crippen molar-refractivity contribution >= 4 is 21.6 Å². The number of nitrogens with zero attached hydrogens (tertiary/aromatic N) is 2. The molecule has 1 aliphatic rings. The first-order valence-electron chi connectivity index (χ1n) is 6.68. The molecule has 0 saturated carbocycles. The third-order valence-electron chi connectivity index (χ3n) is 3.83. The molecule has 1 unspecified atom stereocenters. The lowest BCUT2D eigenvalue weighted by Crippen LogP contribution is -2.47. The highest BCUT2D eigenvalue weighted by atomic mass is 35.5. The van der Waals surface area contributed by atoms with Crippen molar-refractivity contribution in [2.75, 3.05) is 27.2 Å². The van der Waals surface area contributed by atoms with Crippen molar-refractivity contribution in [2.24, 2.45) is 0 Å². The first-order valence-corrected chi connectivity index (χ1v) is 8.65. The van der Waals surface area contributed by atoms with E-state index in [2.05, 4.69) is 4.90 Å². The van der Waals surface area contributed by atoms with Crippen molar-refractivity contribution in [3.63, 3.8) is 0 Å². The lowest BCUT2D eigenvalue weighted by Gasteiger charge is -2.34. The molecule has 2 rings (SSSR count). The van der Waals surface area contributed by atoms with Gasteiger partial charge >= 0.3 is 0 Å². The second kappa shape index (κ2) is 6.05. The summed E-state index contributed by atoms with van der Waals surface area (Å²) in [7, 11) is 0.132. The monoisotopic (exact) mass is 320 g/mol. The van der Waals surface area contributed by atoms with Crippen molar-refractivity contribution in [3.05, 3.63) is 17.6 Å². The van der Waals surface area contributed by atoms with E-state index in [9.17, 15) is 8.42 Å². The molecule has 0 bridgehead atoms. The minimum Gasteiger partial charge on any atom is -0.464 e. The zero-order valence-corrected chi connectivity index (χ0v) is 13.7. The summed E-state index contributed by atoms with van der Waals surface area (Å²) in [5.41, 5.74) is 0. The lowest BCUT2D eigenvalue weighted by molar-refractivity contribution is 0.187. The lowest BCUT2D eigenvalue weighted by atomic mass is 10.1. The molecule has 1 aromatic heterocycles. The molecule has 1 aliphatic heterocycles. The van der Waals surface area contributed by atoms with Crippen LogP contribution in [0.4, 0.5) is 0 Å². The van der Waals surface area contributed by atoms with Crippen molar-refractivity contribution in [3.8, 4) is 0 Å². The van der Waals surface area contributed by atoms with Crippen LogP contribution in [-0.4, -0.2) is 50.8 Å². The van der Waals surface area contributed by atoms with Gasteiger partial charge in [0.2, 0.25) is 10.0 Å². The molecule has 0 aliphatic carbocycles. The zero-order chi connectivity index (χ0) is 14.9. The Bertz CT molecular complexity index is 570. The molecule has 0 amide bonds. The number of likely N-dealkylation sites (N-methyl/N-ethyl adjacent to an activating group) is 2. The molecule has 1 aromatic rings. The maximum Gasteiger partial charge on any atom is 0.246 e. The average molecular weight is 321 g/mol. The zero-order valence-electron chi connectivity index (χ0n) is 12.1. The van der Waals surface area contributed by atoms with Gasteiger partial charge in [-0.3, -0.25) is 0 Å². The molecule has 5 nitrogen and oxygen atoms in total. The average Bonchev–Trinajstić information content (AvgIpc) is 2.80. The third kappa shape index (κ3) is 3.03. The summed E-state index contributed by atoms with van der Waals surface area (Å²) in [4.78, 5) is 2.39. The number of hydrogen-bond donors (Lipinski definition) is 0. The van der Waals surface area contributed by atoms with Gasteiger partial charge < -0.3 is 9.32 Å². The molecular weight excluding hydrogens is 300 g/mol. The van der Waals surface area contributed by atoms with Crippen LogP contribution in [-0.2, 0) is 15.9 Å². The van der Waals surface area contributed by atoms with Crippen LogP contribution in [0.1, 0.15) is 24.4 Å². The fourth-order valence-corrected chi connectivity index (χ4v) is 4.33. The summed E-state index contributed by atoms with van der Waals surface area (Å²) in [5, 5.41) is 0. The smallest absolute Gasteiger partial charge is 0.246 e. The van der Waals surface area contributed by atoms with E-state index in [1.807, 2.05) is 7.05 Å². The Morgan fingerprint density at radius 3 is 2.80 bits per heavy atom. The summed E-state index contributed by atoms with van der Waals surface area (Å²) in [5.74, 6) is 1.06. The van der Waals surface area contributed by atoms with Crippen molar-refractivity contribution in [1.29, 1.82) is 0 Å². The normalized spacial score (nSPS) is 21.6. The second-order valence-corrected chi connectivity index (χ2v) is 7.58. The van der Waals surface area contributed by atoms with Gasteiger partial charge in [-0.1, -0.05) is 0 Å². The minimum atomic E-state index is -3.53. The fraction of sp³-hybridized carbons (Fsp3) is 0.692. The van der Waals surface area contributed by atoms with E-state index in [0.29, 0.717) is 11.5 Å². The van der Waals surface area contributed by atoms with E-state index in [4.69, 9.17) is 16.0 Å². The SMILES string of the molecule is Cc1oc(CCl)cc1S(=O)(=O)N(C)C1CCCN(C)C1. The Balaban J connectivity index is 2.26. The number of likely N-dealkylation sites (tertiary alicyclic amines) is 1. The Morgan fingerprint density at radius 1 is 1.55 bits per heavy atom. The molecule has 114 valence electrons. The van der Waals surface area contributed by atoms with Gasteiger partial charge in [-0.25, -0.2) is 8.42 Å². The molecule has 20 heavy (non-hydrogen) atoms. The molecule has 1 fully saturated rings. The van der Waals surface area contributed by atoms with Gasteiger partial charge in [0.1, 0.15) is 16.4 Å². The Hall–Kier alpha value is -0.560. The van der Waals surface area contributed by atoms with Crippen molar-refractivity contribution in [1.82, 2.24) is 9.21 Å². The van der Waals surface area contributed by atoms with Crippen molar-refractivity contribution in [2.45, 2.75) is 36.6 Å². The van der Waals surface area contributed by atoms with Crippen LogP contribution in [0.3, 0.4) is 0 Å². The number of rotatable bonds is 4. The number of piperidine rings is 1. The number of alkyl halides is 1. The van der Waals surface area contributed by atoms with E-state index in [1.165, 1.54) is 10.4 Å². The predicted molar refractivity (Wildman–Crippen MR) is 78.5 cm³/mol. The quantitative estimate of drug-likeness (QED) is 0.797. The third-order valence-corrected chi connectivity index (χ3v) is 6.11. The highest BCUT2D eigenvalue weighted by Crippen LogP contribution is 2.27. The Morgan fingerprint density at radius 2 is 2.25 bits per heavy atom. The van der Waals surface area contributed by atoms with Crippen LogP contribution in [0, 0.1) is 6.92 Å². The standard InChI is InChI=1S/C13H21ClN2O3S/c1-10-13(7-12(8-14)19-10)20(17,18)16(3)11-5-4-6-15(2)9-11/h7,11H,4-6,8-9H2,1-3H3. The molecule has 0 radical (unpaired) electrons. The topological polar surface area (TPSA) is 53.8 Å². The first-order chi connectivity index (χ1) is 9.36. The van der Waals surface area contributed by atoms with E-state index >= 15 is 0 Å². The van der Waals surface area contributed by atoms with E-state index < -0.39 is 10.0 Å². The van der Waals surface area contributed by atoms with Crippen LogP contribution in [0.25, 0.3) is 0 Å². The van der Waals surface area contributed by atoms with Crippen LogP contribution >= 0.6 is 11.6 Å². The highest BCUT2D eigenvalue weighted by Gasteiger charge is 2.32. The van der Waals surface area contributed by atoms with E-state index in [0.717, 1.165) is 25.9 Å². The number of furan rings is 1. The number of hydrogen-bond acceptors (Lipinski definition) is 4. The second-order valence-electron chi connectivity index (χ2n) is 5.35. The Labute approximate surface area is 125 Å². The van der Waals surface area contributed by atoms with Gasteiger partial charge in [0, 0.05) is 25.7 Å². The molecule has 0 N–H and O–H groups in total. The Kier molecular flexibility index (Phi) is 4.79. The van der Waals surface area contributed by atoms with Crippen LogP contribution in [0.2, 0.25) is 0 Å². The molecule has 7 heteroatoms. The van der Waals surface area contributed by atoms with Crippen molar-refractivity contribution < 1.29 is 12.8 Å². The van der Waals surface area contributed by atoms with Gasteiger partial charge in [-0.05, 0) is 33.4 Å². The molecule has 1 saturated heterocycles. The van der Waals surface area contributed by atoms with Gasteiger partial charge in [-0.2, -0.15) is 4.31 Å². The minimum absolute atomic E-state index is 0.00695.